The molecule has 1 atom stereocenters. The lowest BCUT2D eigenvalue weighted by molar-refractivity contribution is 0.866. The third kappa shape index (κ3) is 4.29. The van der Waals surface area contributed by atoms with E-state index in [4.69, 9.17) is 0 Å². The molecular formula is C19H21N5. The van der Waals surface area contributed by atoms with Crippen LogP contribution in [0.5, 0.6) is 0 Å². The van der Waals surface area contributed by atoms with Gasteiger partial charge in [0.1, 0.15) is 17.5 Å². The van der Waals surface area contributed by atoms with Gasteiger partial charge in [-0.05, 0) is 31.5 Å². The molecule has 24 heavy (non-hydrogen) atoms. The molecule has 3 rings (SSSR count). The topological polar surface area (TPSA) is 62.7 Å². The Balaban J connectivity index is 1.69. The average Bonchev–Trinajstić information content (AvgIpc) is 2.61. The Labute approximate surface area is 142 Å². The van der Waals surface area contributed by atoms with Crippen LogP contribution in [0.15, 0.2) is 60.8 Å². The average molecular weight is 319 g/mol. The van der Waals surface area contributed by atoms with Crippen LogP contribution in [0, 0.1) is 6.92 Å². The van der Waals surface area contributed by atoms with Crippen molar-refractivity contribution >= 4 is 11.6 Å². The molecule has 2 heterocycles. The quantitative estimate of drug-likeness (QED) is 0.720. The molecule has 5 heteroatoms. The van der Waals surface area contributed by atoms with Crippen LogP contribution in [-0.2, 0) is 6.54 Å². The number of nitrogens with one attached hydrogen (secondary N) is 2. The Hall–Kier alpha value is -2.95. The first-order valence-electron chi connectivity index (χ1n) is 8.01. The lowest BCUT2D eigenvalue weighted by atomic mass is 10.1. The number of nitrogens with zero attached hydrogens (tertiary/aromatic N) is 3. The van der Waals surface area contributed by atoms with Gasteiger partial charge in [-0.25, -0.2) is 9.97 Å². The van der Waals surface area contributed by atoms with Crippen LogP contribution in [-0.4, -0.2) is 15.0 Å². The zero-order valence-electron chi connectivity index (χ0n) is 13.9. The van der Waals surface area contributed by atoms with Gasteiger partial charge in [0.2, 0.25) is 0 Å². The molecule has 0 aliphatic rings. The summed E-state index contributed by atoms with van der Waals surface area (Å²) in [4.78, 5) is 13.2. The summed E-state index contributed by atoms with van der Waals surface area (Å²) < 4.78 is 0. The van der Waals surface area contributed by atoms with Crippen LogP contribution in [0.2, 0.25) is 0 Å². The SMILES string of the molecule is Cc1nc(NCc2ccccn2)cc(NC(C)c2ccccc2)n1. The molecule has 0 amide bonds. The van der Waals surface area contributed by atoms with Crippen molar-refractivity contribution < 1.29 is 0 Å². The monoisotopic (exact) mass is 319 g/mol. The van der Waals surface area contributed by atoms with E-state index in [9.17, 15) is 0 Å². The van der Waals surface area contributed by atoms with Crippen molar-refractivity contribution in [3.8, 4) is 0 Å². The third-order valence-corrected chi connectivity index (χ3v) is 3.68. The van der Waals surface area contributed by atoms with Crippen molar-refractivity contribution in [1.82, 2.24) is 15.0 Å². The van der Waals surface area contributed by atoms with Crippen molar-refractivity contribution in [2.24, 2.45) is 0 Å². The molecular weight excluding hydrogens is 298 g/mol. The van der Waals surface area contributed by atoms with Gasteiger partial charge in [0.05, 0.1) is 12.2 Å². The molecule has 122 valence electrons. The molecule has 0 fully saturated rings. The molecule has 1 aromatic carbocycles. The van der Waals surface area contributed by atoms with E-state index in [1.807, 2.05) is 49.4 Å². The lowest BCUT2D eigenvalue weighted by Gasteiger charge is -2.16. The first kappa shape index (κ1) is 15.9. The smallest absolute Gasteiger partial charge is 0.132 e. The molecule has 2 aromatic heterocycles. The summed E-state index contributed by atoms with van der Waals surface area (Å²) in [7, 11) is 0. The fraction of sp³-hybridized carbons (Fsp3) is 0.211. The zero-order chi connectivity index (χ0) is 16.8. The molecule has 0 aliphatic heterocycles. The first-order valence-corrected chi connectivity index (χ1v) is 8.01. The summed E-state index contributed by atoms with van der Waals surface area (Å²) in [6, 6.07) is 18.3. The maximum atomic E-state index is 4.48. The number of aryl methyl sites for hydroxylation is 1. The Kier molecular flexibility index (Phi) is 5.01. The van der Waals surface area contributed by atoms with Crippen LogP contribution in [0.1, 0.15) is 30.0 Å². The predicted octanol–water partition coefficient (Wildman–Crippen LogP) is 3.97. The Morgan fingerprint density at radius 3 is 2.46 bits per heavy atom. The summed E-state index contributed by atoms with van der Waals surface area (Å²) >= 11 is 0. The molecule has 0 bridgehead atoms. The van der Waals surface area contributed by atoms with Gasteiger partial charge in [-0.15, -0.1) is 0 Å². The maximum Gasteiger partial charge on any atom is 0.132 e. The largest absolute Gasteiger partial charge is 0.364 e. The predicted molar refractivity (Wildman–Crippen MR) is 96.8 cm³/mol. The second-order valence-electron chi connectivity index (χ2n) is 5.64. The molecule has 0 saturated heterocycles. The number of anilines is 2. The highest BCUT2D eigenvalue weighted by Gasteiger charge is 2.08. The number of aromatic nitrogens is 3. The van der Waals surface area contributed by atoms with Gasteiger partial charge in [0.15, 0.2) is 0 Å². The minimum absolute atomic E-state index is 0.171. The first-order chi connectivity index (χ1) is 11.7. The fourth-order valence-electron chi connectivity index (χ4n) is 2.46. The molecule has 1 unspecified atom stereocenters. The highest BCUT2D eigenvalue weighted by molar-refractivity contribution is 5.49. The normalized spacial score (nSPS) is 11.8. The minimum atomic E-state index is 0.171. The third-order valence-electron chi connectivity index (χ3n) is 3.68. The van der Waals surface area contributed by atoms with Crippen molar-refractivity contribution in [2.45, 2.75) is 26.4 Å². The Bertz CT molecular complexity index is 774. The van der Waals surface area contributed by atoms with Gasteiger partial charge in [-0.1, -0.05) is 36.4 Å². The van der Waals surface area contributed by atoms with E-state index in [2.05, 4.69) is 44.6 Å². The molecule has 3 aromatic rings. The van der Waals surface area contributed by atoms with Gasteiger partial charge in [-0.3, -0.25) is 4.98 Å². The minimum Gasteiger partial charge on any atom is -0.364 e. The van der Waals surface area contributed by atoms with E-state index in [1.165, 1.54) is 5.56 Å². The second-order valence-corrected chi connectivity index (χ2v) is 5.64. The van der Waals surface area contributed by atoms with Crippen LogP contribution in [0.4, 0.5) is 11.6 Å². The van der Waals surface area contributed by atoms with Gasteiger partial charge in [0.25, 0.3) is 0 Å². The van der Waals surface area contributed by atoms with E-state index in [0.717, 1.165) is 23.2 Å². The number of rotatable bonds is 6. The zero-order valence-corrected chi connectivity index (χ0v) is 13.9. The Morgan fingerprint density at radius 1 is 0.958 bits per heavy atom. The summed E-state index contributed by atoms with van der Waals surface area (Å²) in [5.74, 6) is 2.32. The number of benzene rings is 1. The van der Waals surface area contributed by atoms with Crippen LogP contribution >= 0.6 is 0 Å². The van der Waals surface area contributed by atoms with E-state index in [0.29, 0.717) is 6.54 Å². The summed E-state index contributed by atoms with van der Waals surface area (Å²) in [6.45, 7) is 4.64. The van der Waals surface area contributed by atoms with E-state index in [-0.39, 0.29) is 6.04 Å². The van der Waals surface area contributed by atoms with Crippen molar-refractivity contribution in [2.75, 3.05) is 10.6 Å². The van der Waals surface area contributed by atoms with E-state index < -0.39 is 0 Å². The standard InChI is InChI=1S/C19H21N5/c1-14(16-8-4-3-5-9-16)22-19-12-18(23-15(2)24-19)21-13-17-10-6-7-11-20-17/h3-12,14H,13H2,1-2H3,(H2,21,22,23,24). The van der Waals surface area contributed by atoms with Crippen LogP contribution in [0.25, 0.3) is 0 Å². The van der Waals surface area contributed by atoms with E-state index in [1.54, 1.807) is 6.20 Å². The van der Waals surface area contributed by atoms with Gasteiger partial charge >= 0.3 is 0 Å². The van der Waals surface area contributed by atoms with Crippen LogP contribution < -0.4 is 10.6 Å². The summed E-state index contributed by atoms with van der Waals surface area (Å²) in [6.07, 6.45) is 1.79. The Morgan fingerprint density at radius 2 is 1.71 bits per heavy atom. The van der Waals surface area contributed by atoms with Gasteiger partial charge in [0, 0.05) is 18.3 Å². The number of hydrogen-bond acceptors (Lipinski definition) is 5. The highest BCUT2D eigenvalue weighted by Crippen LogP contribution is 2.19. The van der Waals surface area contributed by atoms with E-state index >= 15 is 0 Å². The fourth-order valence-corrected chi connectivity index (χ4v) is 2.46. The van der Waals surface area contributed by atoms with Gasteiger partial charge in [-0.2, -0.15) is 0 Å². The molecule has 0 saturated carbocycles. The second kappa shape index (κ2) is 7.55. The molecule has 0 radical (unpaired) electrons. The lowest BCUT2D eigenvalue weighted by Crippen LogP contribution is -2.10. The van der Waals surface area contributed by atoms with Crippen molar-refractivity contribution in [3.05, 3.63) is 77.9 Å². The number of pyridine rings is 1. The molecule has 0 aliphatic carbocycles. The molecule has 5 nitrogen and oxygen atoms in total. The molecule has 2 N–H and O–H groups in total. The maximum absolute atomic E-state index is 4.48. The van der Waals surface area contributed by atoms with Crippen molar-refractivity contribution in [1.29, 1.82) is 0 Å². The number of hydrogen-bond donors (Lipinski definition) is 2. The summed E-state index contributed by atoms with van der Waals surface area (Å²) in [5, 5.41) is 6.73. The highest BCUT2D eigenvalue weighted by atomic mass is 15.1. The van der Waals surface area contributed by atoms with Crippen molar-refractivity contribution in [3.63, 3.8) is 0 Å². The molecule has 0 spiro atoms. The van der Waals surface area contributed by atoms with Gasteiger partial charge < -0.3 is 10.6 Å². The summed E-state index contributed by atoms with van der Waals surface area (Å²) in [5.41, 5.74) is 2.19. The van der Waals surface area contributed by atoms with Crippen LogP contribution in [0.3, 0.4) is 0 Å².